The maximum absolute atomic E-state index is 11.1. The maximum atomic E-state index is 11.1. The van der Waals surface area contributed by atoms with E-state index in [0.717, 1.165) is 0 Å². The molecule has 6 heteroatoms. The minimum atomic E-state index is -0.427. The first-order chi connectivity index (χ1) is 6.13. The molecule has 1 fully saturated rings. The standard InChI is InChI=1S/C7H13N3O3/c8-3-5-4-10(7(12)13-5)2-1-6(9)11/h5H,1-4,8H2,(H2,9,11). The van der Waals surface area contributed by atoms with Crippen molar-refractivity contribution in [2.75, 3.05) is 19.6 Å². The molecule has 0 bridgehead atoms. The second kappa shape index (κ2) is 4.08. The van der Waals surface area contributed by atoms with Crippen LogP contribution in [-0.2, 0) is 9.53 Å². The largest absolute Gasteiger partial charge is 0.443 e. The SMILES string of the molecule is NCC1CN(CCC(N)=O)C(=O)O1. The zero-order valence-corrected chi connectivity index (χ0v) is 7.23. The zero-order valence-electron chi connectivity index (χ0n) is 7.23. The van der Waals surface area contributed by atoms with E-state index in [1.54, 1.807) is 0 Å². The number of primary amides is 1. The van der Waals surface area contributed by atoms with Crippen LogP contribution in [0.2, 0.25) is 0 Å². The molecule has 0 aromatic carbocycles. The molecule has 6 nitrogen and oxygen atoms in total. The quantitative estimate of drug-likeness (QED) is 0.568. The second-order valence-corrected chi connectivity index (χ2v) is 2.90. The van der Waals surface area contributed by atoms with Crippen LogP contribution in [0.25, 0.3) is 0 Å². The van der Waals surface area contributed by atoms with Crippen molar-refractivity contribution in [3.05, 3.63) is 0 Å². The van der Waals surface area contributed by atoms with Gasteiger partial charge < -0.3 is 21.1 Å². The molecule has 1 heterocycles. The molecule has 0 aromatic heterocycles. The lowest BCUT2D eigenvalue weighted by atomic mass is 10.3. The Hall–Kier alpha value is -1.30. The van der Waals surface area contributed by atoms with Gasteiger partial charge in [-0.3, -0.25) is 4.79 Å². The predicted molar refractivity (Wildman–Crippen MR) is 44.7 cm³/mol. The Morgan fingerprint density at radius 2 is 2.38 bits per heavy atom. The topological polar surface area (TPSA) is 98.6 Å². The third-order valence-corrected chi connectivity index (χ3v) is 1.84. The molecule has 1 unspecified atom stereocenters. The van der Waals surface area contributed by atoms with Gasteiger partial charge in [-0.15, -0.1) is 0 Å². The van der Waals surface area contributed by atoms with Crippen molar-refractivity contribution in [1.82, 2.24) is 4.90 Å². The highest BCUT2D eigenvalue weighted by Crippen LogP contribution is 2.09. The fourth-order valence-electron chi connectivity index (χ4n) is 1.13. The highest BCUT2D eigenvalue weighted by Gasteiger charge is 2.29. The summed E-state index contributed by atoms with van der Waals surface area (Å²) in [6.45, 7) is 1.06. The summed E-state index contributed by atoms with van der Waals surface area (Å²) >= 11 is 0. The van der Waals surface area contributed by atoms with Gasteiger partial charge >= 0.3 is 6.09 Å². The first-order valence-corrected chi connectivity index (χ1v) is 4.07. The monoisotopic (exact) mass is 187 g/mol. The Balaban J connectivity index is 2.35. The van der Waals surface area contributed by atoms with E-state index in [2.05, 4.69) is 0 Å². The zero-order chi connectivity index (χ0) is 9.84. The lowest BCUT2D eigenvalue weighted by molar-refractivity contribution is -0.118. The third kappa shape index (κ3) is 2.59. The normalized spacial score (nSPS) is 21.8. The summed E-state index contributed by atoms with van der Waals surface area (Å²) in [5, 5.41) is 0. The third-order valence-electron chi connectivity index (χ3n) is 1.84. The molecule has 1 rings (SSSR count). The molecule has 1 saturated heterocycles. The molecular formula is C7H13N3O3. The van der Waals surface area contributed by atoms with Crippen LogP contribution in [0, 0.1) is 0 Å². The van der Waals surface area contributed by atoms with Crippen molar-refractivity contribution < 1.29 is 14.3 Å². The summed E-state index contributed by atoms with van der Waals surface area (Å²) in [5.41, 5.74) is 10.3. The number of cyclic esters (lactones) is 1. The summed E-state index contributed by atoms with van der Waals surface area (Å²) in [7, 11) is 0. The minimum Gasteiger partial charge on any atom is -0.443 e. The van der Waals surface area contributed by atoms with Crippen molar-refractivity contribution in [1.29, 1.82) is 0 Å². The Bertz CT molecular complexity index is 219. The van der Waals surface area contributed by atoms with E-state index in [9.17, 15) is 9.59 Å². The van der Waals surface area contributed by atoms with Gasteiger partial charge in [-0.25, -0.2) is 4.79 Å². The van der Waals surface area contributed by atoms with Crippen LogP contribution in [0.1, 0.15) is 6.42 Å². The van der Waals surface area contributed by atoms with Crippen molar-refractivity contribution in [3.8, 4) is 0 Å². The summed E-state index contributed by atoms with van der Waals surface area (Å²) in [6.07, 6.45) is -0.510. The number of carbonyl (C=O) groups excluding carboxylic acids is 2. The van der Waals surface area contributed by atoms with Gasteiger partial charge in [-0.1, -0.05) is 0 Å². The lowest BCUT2D eigenvalue weighted by Gasteiger charge is -2.10. The predicted octanol–water partition coefficient (Wildman–Crippen LogP) is -1.36. The second-order valence-electron chi connectivity index (χ2n) is 2.90. The van der Waals surface area contributed by atoms with Crippen LogP contribution >= 0.6 is 0 Å². The molecule has 0 spiro atoms. The van der Waals surface area contributed by atoms with E-state index >= 15 is 0 Å². The Labute approximate surface area is 75.8 Å². The number of carbonyl (C=O) groups is 2. The maximum Gasteiger partial charge on any atom is 0.410 e. The van der Waals surface area contributed by atoms with Crippen LogP contribution in [0.15, 0.2) is 0 Å². The number of ether oxygens (including phenoxy) is 1. The molecule has 1 aliphatic rings. The van der Waals surface area contributed by atoms with Crippen LogP contribution < -0.4 is 11.5 Å². The summed E-state index contributed by atoms with van der Waals surface area (Å²) in [4.78, 5) is 22.9. The van der Waals surface area contributed by atoms with Crippen LogP contribution in [-0.4, -0.2) is 42.6 Å². The molecule has 1 aliphatic heterocycles. The van der Waals surface area contributed by atoms with Gasteiger partial charge in [0.25, 0.3) is 0 Å². The first kappa shape index (κ1) is 9.79. The summed E-state index contributed by atoms with van der Waals surface area (Å²) < 4.78 is 4.87. The molecule has 13 heavy (non-hydrogen) atoms. The molecule has 1 atom stereocenters. The van der Waals surface area contributed by atoms with Crippen LogP contribution in [0.3, 0.4) is 0 Å². The van der Waals surface area contributed by atoms with Gasteiger partial charge in [0.1, 0.15) is 6.10 Å². The number of rotatable bonds is 4. The van der Waals surface area contributed by atoms with Gasteiger partial charge in [-0.2, -0.15) is 0 Å². The fraction of sp³-hybridized carbons (Fsp3) is 0.714. The number of nitrogens with zero attached hydrogens (tertiary/aromatic N) is 1. The Morgan fingerprint density at radius 1 is 1.69 bits per heavy atom. The fourth-order valence-corrected chi connectivity index (χ4v) is 1.13. The molecule has 0 radical (unpaired) electrons. The number of amides is 2. The van der Waals surface area contributed by atoms with Crippen molar-refractivity contribution >= 4 is 12.0 Å². The molecule has 2 amide bonds. The van der Waals surface area contributed by atoms with Gasteiger partial charge in [0.2, 0.25) is 5.91 Å². The summed E-state index contributed by atoms with van der Waals surface area (Å²) in [6, 6.07) is 0. The summed E-state index contributed by atoms with van der Waals surface area (Å²) in [5.74, 6) is -0.427. The minimum absolute atomic E-state index is 0.159. The van der Waals surface area contributed by atoms with E-state index in [1.165, 1.54) is 4.90 Å². The number of nitrogens with two attached hydrogens (primary N) is 2. The molecule has 0 aliphatic carbocycles. The highest BCUT2D eigenvalue weighted by molar-refractivity contribution is 5.75. The lowest BCUT2D eigenvalue weighted by Crippen LogP contribution is -2.30. The van der Waals surface area contributed by atoms with E-state index in [0.29, 0.717) is 19.6 Å². The highest BCUT2D eigenvalue weighted by atomic mass is 16.6. The van der Waals surface area contributed by atoms with Crippen molar-refractivity contribution in [2.24, 2.45) is 11.5 Å². The molecule has 4 N–H and O–H groups in total. The van der Waals surface area contributed by atoms with E-state index in [-0.39, 0.29) is 12.5 Å². The van der Waals surface area contributed by atoms with Gasteiger partial charge in [0.05, 0.1) is 6.54 Å². The Morgan fingerprint density at radius 3 is 2.85 bits per heavy atom. The molecule has 0 aromatic rings. The van der Waals surface area contributed by atoms with Crippen LogP contribution in [0.5, 0.6) is 0 Å². The van der Waals surface area contributed by atoms with Crippen molar-refractivity contribution in [2.45, 2.75) is 12.5 Å². The number of hydrogen-bond donors (Lipinski definition) is 2. The average Bonchev–Trinajstić information content (AvgIpc) is 2.43. The van der Waals surface area contributed by atoms with E-state index < -0.39 is 12.0 Å². The van der Waals surface area contributed by atoms with Gasteiger partial charge in [0, 0.05) is 19.5 Å². The van der Waals surface area contributed by atoms with E-state index in [1.807, 2.05) is 0 Å². The Kier molecular flexibility index (Phi) is 3.07. The van der Waals surface area contributed by atoms with Gasteiger partial charge in [0.15, 0.2) is 0 Å². The van der Waals surface area contributed by atoms with Crippen LogP contribution in [0.4, 0.5) is 4.79 Å². The van der Waals surface area contributed by atoms with E-state index in [4.69, 9.17) is 16.2 Å². The molecule has 0 saturated carbocycles. The molecule has 74 valence electrons. The number of hydrogen-bond acceptors (Lipinski definition) is 4. The van der Waals surface area contributed by atoms with Crippen molar-refractivity contribution in [3.63, 3.8) is 0 Å². The van der Waals surface area contributed by atoms with Gasteiger partial charge in [-0.05, 0) is 0 Å². The first-order valence-electron chi connectivity index (χ1n) is 4.07. The average molecular weight is 187 g/mol. The smallest absolute Gasteiger partial charge is 0.410 e. The molecular weight excluding hydrogens is 174 g/mol.